The first-order valence-corrected chi connectivity index (χ1v) is 22.5. The van der Waals surface area contributed by atoms with Crippen LogP contribution in [0.15, 0.2) is 164 Å². The first-order chi connectivity index (χ1) is 25.7. The molecule has 256 valence electrons. The lowest BCUT2D eigenvalue weighted by Crippen LogP contribution is -2.37. The maximum atomic E-state index is 2.52. The van der Waals surface area contributed by atoms with Gasteiger partial charge >= 0.3 is 0 Å². The SMILES string of the molecule is CC(C)c1ccc(N(c2ccc([Si](C)(C)C)cc2)c2ccc3cc4c(cc3c2)C2(c3ccccc3-c3ccccc32)c2cc3ccccc3cc2-4)cc1. The van der Waals surface area contributed by atoms with Gasteiger partial charge in [-0.3, -0.25) is 0 Å². The molecule has 0 heterocycles. The van der Waals surface area contributed by atoms with Gasteiger partial charge in [0.2, 0.25) is 0 Å². The average molecular weight is 698 g/mol. The van der Waals surface area contributed by atoms with E-state index in [0.29, 0.717) is 5.92 Å². The summed E-state index contributed by atoms with van der Waals surface area (Å²) in [4.78, 5) is 2.43. The van der Waals surface area contributed by atoms with Crippen molar-refractivity contribution >= 4 is 51.9 Å². The zero-order valence-corrected chi connectivity index (χ0v) is 32.1. The quantitative estimate of drug-likeness (QED) is 0.162. The molecule has 2 heteroatoms. The maximum Gasteiger partial charge on any atom is 0.0775 e. The Bertz CT molecular complexity index is 2680. The van der Waals surface area contributed by atoms with Crippen LogP contribution < -0.4 is 10.1 Å². The van der Waals surface area contributed by atoms with Gasteiger partial charge in [-0.15, -0.1) is 0 Å². The summed E-state index contributed by atoms with van der Waals surface area (Å²) in [5, 5.41) is 6.55. The van der Waals surface area contributed by atoms with E-state index in [2.05, 4.69) is 202 Å². The summed E-state index contributed by atoms with van der Waals surface area (Å²) in [5.74, 6) is 0.483. The molecule has 10 rings (SSSR count). The van der Waals surface area contributed by atoms with E-state index in [1.807, 2.05) is 0 Å². The Morgan fingerprint density at radius 2 is 0.887 bits per heavy atom. The van der Waals surface area contributed by atoms with Crippen LogP contribution in [-0.4, -0.2) is 8.07 Å². The molecule has 2 aliphatic carbocycles. The Hall–Kier alpha value is -5.70. The van der Waals surface area contributed by atoms with Crippen LogP contribution in [0.3, 0.4) is 0 Å². The minimum atomic E-state index is -1.44. The second kappa shape index (κ2) is 11.7. The number of fused-ring (bicyclic) bond motifs is 12. The van der Waals surface area contributed by atoms with E-state index >= 15 is 0 Å². The lowest BCUT2D eigenvalue weighted by atomic mass is 9.70. The summed E-state index contributed by atoms with van der Waals surface area (Å²) >= 11 is 0. The summed E-state index contributed by atoms with van der Waals surface area (Å²) in [6.45, 7) is 11.8. The number of nitrogens with zero attached hydrogens (tertiary/aromatic N) is 1. The van der Waals surface area contributed by atoms with Gasteiger partial charge in [-0.1, -0.05) is 142 Å². The fraction of sp³-hybridized carbons (Fsp3) is 0.137. The highest BCUT2D eigenvalue weighted by molar-refractivity contribution is 6.88. The standard InChI is InChI=1S/C51H43NSi/c1-33(2)34-18-21-39(22-19-34)52(40-24-26-42(27-25-40)53(3,4)5)41-23-20-37-30-46-45-29-35-12-6-7-13-36(35)31-49(45)51(50(46)32-38(37)28-41)47-16-10-8-14-43(47)44-15-9-11-17-48(44)51/h6-33H,1-5H3. The van der Waals surface area contributed by atoms with E-state index in [0.717, 1.165) is 5.69 Å². The van der Waals surface area contributed by atoms with Crippen LogP contribution in [0.1, 0.15) is 47.6 Å². The number of rotatable bonds is 5. The third kappa shape index (κ3) is 4.75. The summed E-state index contributed by atoms with van der Waals surface area (Å²) < 4.78 is 0. The predicted molar refractivity (Wildman–Crippen MR) is 230 cm³/mol. The second-order valence-corrected chi connectivity index (χ2v) is 21.5. The Morgan fingerprint density at radius 1 is 0.415 bits per heavy atom. The summed E-state index contributed by atoms with van der Waals surface area (Å²) in [5.41, 5.74) is 15.3. The van der Waals surface area contributed by atoms with Gasteiger partial charge in [0.25, 0.3) is 0 Å². The van der Waals surface area contributed by atoms with Gasteiger partial charge in [0.05, 0.1) is 13.5 Å². The molecule has 8 aromatic rings. The highest BCUT2D eigenvalue weighted by Gasteiger charge is 2.51. The molecule has 0 saturated heterocycles. The van der Waals surface area contributed by atoms with Crippen LogP contribution in [-0.2, 0) is 5.41 Å². The molecule has 0 bridgehead atoms. The van der Waals surface area contributed by atoms with Crippen LogP contribution in [0.4, 0.5) is 17.1 Å². The third-order valence-corrected chi connectivity index (χ3v) is 14.0. The molecular weight excluding hydrogens is 655 g/mol. The van der Waals surface area contributed by atoms with Crippen LogP contribution in [0.25, 0.3) is 43.8 Å². The van der Waals surface area contributed by atoms with Crippen molar-refractivity contribution in [1.29, 1.82) is 0 Å². The van der Waals surface area contributed by atoms with Crippen molar-refractivity contribution in [1.82, 2.24) is 0 Å². The van der Waals surface area contributed by atoms with E-state index in [-0.39, 0.29) is 0 Å². The molecule has 0 aliphatic heterocycles. The van der Waals surface area contributed by atoms with E-state index in [9.17, 15) is 0 Å². The number of anilines is 3. The van der Waals surface area contributed by atoms with Crippen LogP contribution in [0.2, 0.25) is 19.6 Å². The van der Waals surface area contributed by atoms with E-state index in [4.69, 9.17) is 0 Å². The second-order valence-electron chi connectivity index (χ2n) is 16.4. The molecule has 1 spiro atoms. The van der Waals surface area contributed by atoms with E-state index in [1.165, 1.54) is 88.2 Å². The molecular formula is C51H43NSi. The molecule has 0 N–H and O–H groups in total. The fourth-order valence-corrected chi connectivity index (χ4v) is 10.4. The minimum Gasteiger partial charge on any atom is -0.310 e. The molecule has 1 nitrogen and oxygen atoms in total. The van der Waals surface area contributed by atoms with Gasteiger partial charge in [0, 0.05) is 17.1 Å². The van der Waals surface area contributed by atoms with Crippen molar-refractivity contribution in [3.63, 3.8) is 0 Å². The lowest BCUT2D eigenvalue weighted by molar-refractivity contribution is 0.796. The van der Waals surface area contributed by atoms with Crippen LogP contribution in [0, 0.1) is 0 Å². The topological polar surface area (TPSA) is 3.24 Å². The van der Waals surface area contributed by atoms with Crippen LogP contribution >= 0.6 is 0 Å². The first kappa shape index (κ1) is 32.0. The molecule has 0 atom stereocenters. The molecule has 0 unspecified atom stereocenters. The molecule has 0 saturated carbocycles. The lowest BCUT2D eigenvalue weighted by Gasteiger charge is -2.31. The van der Waals surface area contributed by atoms with Crippen molar-refractivity contribution in [3.8, 4) is 22.3 Å². The molecule has 2 aliphatic rings. The number of hydrogen-bond acceptors (Lipinski definition) is 1. The zero-order valence-electron chi connectivity index (χ0n) is 31.1. The molecule has 0 aromatic heterocycles. The highest BCUT2D eigenvalue weighted by Crippen LogP contribution is 2.63. The van der Waals surface area contributed by atoms with Crippen molar-refractivity contribution < 1.29 is 0 Å². The summed E-state index contributed by atoms with van der Waals surface area (Å²) in [6, 6.07) is 62.5. The van der Waals surface area contributed by atoms with Crippen molar-refractivity contribution in [2.24, 2.45) is 0 Å². The number of hydrogen-bond donors (Lipinski definition) is 0. The highest BCUT2D eigenvalue weighted by atomic mass is 28.3. The third-order valence-electron chi connectivity index (χ3n) is 12.0. The number of benzene rings is 8. The van der Waals surface area contributed by atoms with Crippen molar-refractivity contribution in [2.75, 3.05) is 4.90 Å². The van der Waals surface area contributed by atoms with E-state index < -0.39 is 13.5 Å². The fourth-order valence-electron chi connectivity index (χ4n) is 9.26. The Kier molecular flexibility index (Phi) is 7.03. The normalized spacial score (nSPS) is 13.7. The monoisotopic (exact) mass is 697 g/mol. The van der Waals surface area contributed by atoms with Gasteiger partial charge in [-0.25, -0.2) is 0 Å². The van der Waals surface area contributed by atoms with Crippen molar-refractivity contribution in [3.05, 3.63) is 192 Å². The average Bonchev–Trinajstić information content (AvgIpc) is 3.62. The van der Waals surface area contributed by atoms with Gasteiger partial charge in [0.15, 0.2) is 0 Å². The molecule has 0 fully saturated rings. The van der Waals surface area contributed by atoms with Gasteiger partial charge in [0.1, 0.15) is 0 Å². The Morgan fingerprint density at radius 3 is 1.45 bits per heavy atom. The molecule has 0 radical (unpaired) electrons. The summed E-state index contributed by atoms with van der Waals surface area (Å²) in [7, 11) is -1.44. The molecule has 8 aromatic carbocycles. The minimum absolute atomic E-state index is 0.398. The summed E-state index contributed by atoms with van der Waals surface area (Å²) in [6.07, 6.45) is 0. The predicted octanol–water partition coefficient (Wildman–Crippen LogP) is 13.5. The van der Waals surface area contributed by atoms with Gasteiger partial charge in [-0.05, 0) is 138 Å². The molecule has 53 heavy (non-hydrogen) atoms. The largest absolute Gasteiger partial charge is 0.310 e. The zero-order chi connectivity index (χ0) is 36.1. The smallest absolute Gasteiger partial charge is 0.0775 e. The first-order valence-electron chi connectivity index (χ1n) is 19.0. The van der Waals surface area contributed by atoms with Crippen molar-refractivity contribution in [2.45, 2.75) is 44.8 Å². The van der Waals surface area contributed by atoms with Gasteiger partial charge in [-0.2, -0.15) is 0 Å². The Labute approximate surface area is 314 Å². The maximum absolute atomic E-state index is 2.52. The van der Waals surface area contributed by atoms with Gasteiger partial charge < -0.3 is 4.90 Å². The molecule has 0 amide bonds. The Balaban J connectivity index is 1.22. The van der Waals surface area contributed by atoms with Crippen LogP contribution in [0.5, 0.6) is 0 Å². The van der Waals surface area contributed by atoms with E-state index in [1.54, 1.807) is 0 Å².